The molecule has 0 unspecified atom stereocenters. The van der Waals surface area contributed by atoms with E-state index >= 15 is 0 Å². The molecule has 96 valence electrons. The van der Waals surface area contributed by atoms with Gasteiger partial charge in [0.2, 0.25) is 6.71 Å². The average molecular weight is 233 g/mol. The molecule has 0 aromatic carbocycles. The van der Waals surface area contributed by atoms with Crippen molar-refractivity contribution in [3.8, 4) is 0 Å². The Labute approximate surface area is 110 Å². The second kappa shape index (κ2) is 10.6. The van der Waals surface area contributed by atoms with Crippen molar-refractivity contribution in [2.24, 2.45) is 0 Å². The van der Waals surface area contributed by atoms with Gasteiger partial charge in [-0.25, -0.2) is 0 Å². The summed E-state index contributed by atoms with van der Waals surface area (Å²) in [5.74, 6) is 0. The van der Waals surface area contributed by atoms with Gasteiger partial charge in [-0.15, -0.1) is 0 Å². The Morgan fingerprint density at radius 1 is 1.00 bits per heavy atom. The van der Waals surface area contributed by atoms with Gasteiger partial charge in [-0.05, 0) is 19.8 Å². The second-order valence-electron chi connectivity index (χ2n) is 4.73. The molecule has 0 saturated carbocycles. The molecular formula is C16H30B+. The highest BCUT2D eigenvalue weighted by molar-refractivity contribution is 6.67. The summed E-state index contributed by atoms with van der Waals surface area (Å²) in [6.07, 6.45) is 14.5. The van der Waals surface area contributed by atoms with E-state index < -0.39 is 0 Å². The second-order valence-corrected chi connectivity index (χ2v) is 4.73. The zero-order valence-corrected chi connectivity index (χ0v) is 12.6. The van der Waals surface area contributed by atoms with Gasteiger partial charge < -0.3 is 0 Å². The van der Waals surface area contributed by atoms with E-state index in [0.29, 0.717) is 6.71 Å². The molecule has 0 spiro atoms. The predicted octanol–water partition coefficient (Wildman–Crippen LogP) is 5.73. The summed E-state index contributed by atoms with van der Waals surface area (Å²) in [6.45, 7) is 12.1. The smallest absolute Gasteiger partial charge is 0.0714 e. The first kappa shape index (κ1) is 16.5. The Morgan fingerprint density at radius 3 is 2.06 bits per heavy atom. The minimum atomic E-state index is 0.713. The van der Waals surface area contributed by atoms with E-state index in [0.717, 1.165) is 12.8 Å². The standard InChI is InChI=1S/C16H30B/c1-6-11-13-15(8-3)16(14-12-7-2)17(9-4)10-5/h13H,6-12H2,1-5H3/q+1. The maximum absolute atomic E-state index is 3.68. The van der Waals surface area contributed by atoms with Crippen LogP contribution in [0.3, 0.4) is 0 Å². The van der Waals surface area contributed by atoms with Gasteiger partial charge in [-0.3, -0.25) is 0 Å². The summed E-state index contributed by atoms with van der Waals surface area (Å²) >= 11 is 0. The van der Waals surface area contributed by atoms with Crippen LogP contribution in [0.25, 0.3) is 0 Å². The van der Waals surface area contributed by atoms with Crippen molar-refractivity contribution >= 4 is 6.71 Å². The first-order chi connectivity index (χ1) is 8.24. The Kier molecular flexibility index (Phi) is 10.3. The summed E-state index contributed by atoms with van der Waals surface area (Å²) in [4.78, 5) is 0. The van der Waals surface area contributed by atoms with Crippen LogP contribution in [0, 0.1) is 6.08 Å². The third kappa shape index (κ3) is 6.08. The minimum Gasteiger partial charge on any atom is -0.0714 e. The first-order valence-electron chi connectivity index (χ1n) is 7.54. The van der Waals surface area contributed by atoms with E-state index in [9.17, 15) is 0 Å². The van der Waals surface area contributed by atoms with Crippen molar-refractivity contribution in [1.29, 1.82) is 0 Å². The molecule has 17 heavy (non-hydrogen) atoms. The molecule has 0 aromatic rings. The third-order valence-corrected chi connectivity index (χ3v) is 3.37. The van der Waals surface area contributed by atoms with Crippen LogP contribution in [-0.2, 0) is 0 Å². The molecule has 0 saturated heterocycles. The molecule has 0 nitrogen and oxygen atoms in total. The molecule has 0 aliphatic carbocycles. The summed E-state index contributed by atoms with van der Waals surface area (Å²) in [7, 11) is 0. The van der Waals surface area contributed by atoms with Crippen LogP contribution in [0.5, 0.6) is 0 Å². The zero-order chi connectivity index (χ0) is 13.1. The van der Waals surface area contributed by atoms with Gasteiger partial charge in [0, 0.05) is 12.5 Å². The van der Waals surface area contributed by atoms with Gasteiger partial charge in [0.15, 0.2) is 0 Å². The molecule has 1 heteroatoms. The molecule has 0 atom stereocenters. The fourth-order valence-corrected chi connectivity index (χ4v) is 2.24. The SMILES string of the molecule is CCC[C+]=C(B(CC)CC)C(=CCCC)CC. The summed E-state index contributed by atoms with van der Waals surface area (Å²) in [6, 6.07) is 0. The summed E-state index contributed by atoms with van der Waals surface area (Å²) < 4.78 is 0. The topological polar surface area (TPSA) is 0 Å². The summed E-state index contributed by atoms with van der Waals surface area (Å²) in [5, 5.41) is 0. The molecule has 0 N–H and O–H groups in total. The normalized spacial score (nSPS) is 12.5. The highest BCUT2D eigenvalue weighted by Crippen LogP contribution is 2.23. The monoisotopic (exact) mass is 233 g/mol. The lowest BCUT2D eigenvalue weighted by Crippen LogP contribution is -2.16. The van der Waals surface area contributed by atoms with Gasteiger partial charge in [0.05, 0.1) is 18.1 Å². The van der Waals surface area contributed by atoms with Gasteiger partial charge in [0.25, 0.3) is 0 Å². The van der Waals surface area contributed by atoms with Gasteiger partial charge >= 0.3 is 0 Å². The van der Waals surface area contributed by atoms with E-state index in [1.165, 1.54) is 37.4 Å². The lowest BCUT2D eigenvalue weighted by Gasteiger charge is -2.07. The molecule has 0 rings (SSSR count). The summed E-state index contributed by atoms with van der Waals surface area (Å²) in [5.41, 5.74) is 3.07. The van der Waals surface area contributed by atoms with E-state index in [-0.39, 0.29) is 0 Å². The molecule has 0 fully saturated rings. The van der Waals surface area contributed by atoms with Crippen molar-refractivity contribution in [3.63, 3.8) is 0 Å². The number of hydrogen-bond acceptors (Lipinski definition) is 0. The molecule has 0 aliphatic heterocycles. The minimum absolute atomic E-state index is 0.713. The molecule has 0 amide bonds. The lowest BCUT2D eigenvalue weighted by molar-refractivity contribution is 0.920. The predicted molar refractivity (Wildman–Crippen MR) is 81.7 cm³/mol. The number of unbranched alkanes of at least 4 members (excludes halogenated alkanes) is 2. The van der Waals surface area contributed by atoms with Crippen molar-refractivity contribution < 1.29 is 0 Å². The Hall–Kier alpha value is -0.545. The zero-order valence-electron chi connectivity index (χ0n) is 12.6. The van der Waals surface area contributed by atoms with Crippen molar-refractivity contribution in [1.82, 2.24) is 0 Å². The van der Waals surface area contributed by atoms with Crippen molar-refractivity contribution in [2.45, 2.75) is 79.4 Å². The van der Waals surface area contributed by atoms with E-state index in [1.807, 2.05) is 0 Å². The Morgan fingerprint density at radius 2 is 1.65 bits per heavy atom. The fraction of sp³-hybridized carbons (Fsp3) is 0.750. The lowest BCUT2D eigenvalue weighted by atomic mass is 9.39. The molecule has 0 aromatic heterocycles. The van der Waals surface area contributed by atoms with E-state index in [4.69, 9.17) is 0 Å². The number of rotatable bonds is 9. The maximum atomic E-state index is 3.68. The van der Waals surface area contributed by atoms with Gasteiger partial charge in [-0.2, -0.15) is 0 Å². The fourth-order valence-electron chi connectivity index (χ4n) is 2.24. The molecule has 0 bridgehead atoms. The first-order valence-corrected chi connectivity index (χ1v) is 7.54. The molecule has 0 heterocycles. The number of allylic oxidation sites excluding steroid dienone is 4. The number of hydrogen-bond donors (Lipinski definition) is 0. The van der Waals surface area contributed by atoms with Crippen LogP contribution in [0.4, 0.5) is 0 Å². The molecular weight excluding hydrogens is 203 g/mol. The van der Waals surface area contributed by atoms with Gasteiger partial charge in [-0.1, -0.05) is 46.8 Å². The Balaban J connectivity index is 4.98. The Bertz CT molecular complexity index is 234. The van der Waals surface area contributed by atoms with Gasteiger partial charge in [0.1, 0.15) is 5.47 Å². The molecule has 0 aliphatic rings. The van der Waals surface area contributed by atoms with Crippen molar-refractivity contribution in [2.75, 3.05) is 0 Å². The van der Waals surface area contributed by atoms with Crippen LogP contribution in [0.2, 0.25) is 12.6 Å². The van der Waals surface area contributed by atoms with Crippen LogP contribution in [0.1, 0.15) is 66.7 Å². The van der Waals surface area contributed by atoms with E-state index in [1.54, 1.807) is 5.57 Å². The third-order valence-electron chi connectivity index (χ3n) is 3.37. The van der Waals surface area contributed by atoms with Crippen LogP contribution in [0.15, 0.2) is 17.1 Å². The van der Waals surface area contributed by atoms with E-state index in [2.05, 4.69) is 46.8 Å². The highest BCUT2D eigenvalue weighted by atomic mass is 14.0. The molecule has 0 radical (unpaired) electrons. The van der Waals surface area contributed by atoms with Crippen LogP contribution in [-0.4, -0.2) is 6.71 Å². The highest BCUT2D eigenvalue weighted by Gasteiger charge is 2.26. The maximum Gasteiger partial charge on any atom is 0.242 e. The largest absolute Gasteiger partial charge is 0.242 e. The van der Waals surface area contributed by atoms with Crippen LogP contribution >= 0.6 is 0 Å². The average Bonchev–Trinajstić information content (AvgIpc) is 2.36. The van der Waals surface area contributed by atoms with Crippen LogP contribution < -0.4 is 0 Å². The van der Waals surface area contributed by atoms with Crippen molar-refractivity contribution in [3.05, 3.63) is 23.2 Å². The quantitative estimate of drug-likeness (QED) is 0.271.